The normalized spacial score (nSPS) is 11.5. The lowest BCUT2D eigenvalue weighted by molar-refractivity contribution is 0.469. The van der Waals surface area contributed by atoms with E-state index < -0.39 is 10.0 Å². The summed E-state index contributed by atoms with van der Waals surface area (Å²) in [7, 11) is -3.60. The van der Waals surface area contributed by atoms with Gasteiger partial charge in [-0.3, -0.25) is 0 Å². The van der Waals surface area contributed by atoms with Gasteiger partial charge < -0.3 is 5.11 Å². The van der Waals surface area contributed by atoms with Crippen molar-refractivity contribution in [3.8, 4) is 5.75 Å². The van der Waals surface area contributed by atoms with Crippen LogP contribution in [0.1, 0.15) is 5.56 Å². The third kappa shape index (κ3) is 3.33. The first-order chi connectivity index (χ1) is 5.88. The van der Waals surface area contributed by atoms with Crippen molar-refractivity contribution in [2.24, 2.45) is 5.14 Å². The first-order valence-corrected chi connectivity index (χ1v) is 5.87. The molecule has 0 atom stereocenters. The summed E-state index contributed by atoms with van der Waals surface area (Å²) in [6.45, 7) is 0. The van der Waals surface area contributed by atoms with E-state index >= 15 is 0 Å². The first-order valence-electron chi connectivity index (χ1n) is 3.36. The molecule has 0 radical (unpaired) electrons. The molecule has 0 amide bonds. The van der Waals surface area contributed by atoms with Crippen LogP contribution in [0, 0.1) is 0 Å². The molecule has 3 N–H and O–H groups in total. The van der Waals surface area contributed by atoms with Crippen molar-refractivity contribution in [1.82, 2.24) is 0 Å². The van der Waals surface area contributed by atoms with E-state index in [-0.39, 0.29) is 17.1 Å². The average Bonchev–Trinajstić information content (AvgIpc) is 1.94. The van der Waals surface area contributed by atoms with Gasteiger partial charge in [-0.15, -0.1) is 0 Å². The predicted octanol–water partition coefficient (Wildman–Crippen LogP) is 0.943. The predicted molar refractivity (Wildman–Crippen MR) is 52.6 cm³/mol. The Morgan fingerprint density at radius 3 is 2.62 bits per heavy atom. The molecule has 0 bridgehead atoms. The fourth-order valence-electron chi connectivity index (χ4n) is 0.886. The second-order valence-electron chi connectivity index (χ2n) is 2.58. The van der Waals surface area contributed by atoms with Gasteiger partial charge in [-0.25, -0.2) is 13.6 Å². The number of benzene rings is 1. The van der Waals surface area contributed by atoms with Crippen LogP contribution < -0.4 is 5.14 Å². The Kier molecular flexibility index (Phi) is 2.94. The Balaban J connectivity index is 3.08. The Labute approximate surface area is 84.6 Å². The highest BCUT2D eigenvalue weighted by atomic mass is 79.9. The number of halogens is 1. The van der Waals surface area contributed by atoms with Crippen LogP contribution in [0.3, 0.4) is 0 Å². The van der Waals surface area contributed by atoms with Gasteiger partial charge in [0.05, 0.1) is 5.75 Å². The number of rotatable bonds is 2. The van der Waals surface area contributed by atoms with E-state index in [4.69, 9.17) is 5.14 Å². The van der Waals surface area contributed by atoms with Crippen molar-refractivity contribution < 1.29 is 13.5 Å². The lowest BCUT2D eigenvalue weighted by Crippen LogP contribution is -2.14. The summed E-state index contributed by atoms with van der Waals surface area (Å²) >= 11 is 3.16. The number of phenolic OH excluding ortho intramolecular Hbond substituents is 1. The Bertz CT molecular complexity index is 416. The molecule has 0 aliphatic carbocycles. The van der Waals surface area contributed by atoms with Crippen LogP contribution in [0.2, 0.25) is 0 Å². The minimum Gasteiger partial charge on any atom is -0.508 e. The fourth-order valence-corrected chi connectivity index (χ4v) is 1.96. The summed E-state index contributed by atoms with van der Waals surface area (Å²) in [6, 6.07) is 4.53. The summed E-state index contributed by atoms with van der Waals surface area (Å²) < 4.78 is 22.1. The number of phenols is 1. The fraction of sp³-hybridized carbons (Fsp3) is 0.143. The molecular formula is C7H8BrNO3S. The molecule has 72 valence electrons. The molecule has 4 nitrogen and oxygen atoms in total. The molecular weight excluding hydrogens is 258 g/mol. The lowest BCUT2D eigenvalue weighted by atomic mass is 10.2. The number of nitrogens with two attached hydrogens (primary N) is 1. The van der Waals surface area contributed by atoms with Crippen molar-refractivity contribution in [3.05, 3.63) is 28.2 Å². The number of sulfonamides is 1. The maximum Gasteiger partial charge on any atom is 0.213 e. The molecule has 0 aliphatic rings. The zero-order valence-electron chi connectivity index (χ0n) is 6.57. The van der Waals surface area contributed by atoms with Crippen molar-refractivity contribution in [2.45, 2.75) is 5.75 Å². The van der Waals surface area contributed by atoms with Crippen LogP contribution >= 0.6 is 15.9 Å². The quantitative estimate of drug-likeness (QED) is 0.836. The standard InChI is InChI=1S/C7H8BrNO3S/c8-6-1-2-7(10)5(3-6)4-13(9,11)12/h1-3,10H,4H2,(H2,9,11,12). The highest BCUT2D eigenvalue weighted by Gasteiger charge is 2.09. The Hall–Kier alpha value is -0.590. The molecule has 0 spiro atoms. The summed E-state index contributed by atoms with van der Waals surface area (Å²) in [5.41, 5.74) is 0.289. The molecule has 1 aromatic carbocycles. The zero-order valence-corrected chi connectivity index (χ0v) is 8.97. The molecule has 1 rings (SSSR count). The molecule has 13 heavy (non-hydrogen) atoms. The Morgan fingerprint density at radius 2 is 2.08 bits per heavy atom. The molecule has 0 unspecified atom stereocenters. The number of hydrogen-bond acceptors (Lipinski definition) is 3. The minimum atomic E-state index is -3.60. The SMILES string of the molecule is NS(=O)(=O)Cc1cc(Br)ccc1O. The summed E-state index contributed by atoms with van der Waals surface area (Å²) in [5.74, 6) is -0.435. The Morgan fingerprint density at radius 1 is 1.46 bits per heavy atom. The van der Waals surface area contributed by atoms with Crippen LogP contribution in [0.25, 0.3) is 0 Å². The molecule has 0 fully saturated rings. The van der Waals surface area contributed by atoms with Crippen LogP contribution in [0.4, 0.5) is 0 Å². The third-order valence-corrected chi connectivity index (χ3v) is 2.60. The summed E-state index contributed by atoms with van der Waals surface area (Å²) in [6.07, 6.45) is 0. The van der Waals surface area contributed by atoms with Crippen molar-refractivity contribution in [2.75, 3.05) is 0 Å². The largest absolute Gasteiger partial charge is 0.508 e. The molecule has 0 saturated heterocycles. The van der Waals surface area contributed by atoms with Gasteiger partial charge in [0.25, 0.3) is 0 Å². The van der Waals surface area contributed by atoms with Gasteiger partial charge in [0.1, 0.15) is 5.75 Å². The maximum absolute atomic E-state index is 10.7. The van der Waals surface area contributed by atoms with E-state index in [1.54, 1.807) is 6.07 Å². The van der Waals surface area contributed by atoms with Crippen LogP contribution in [-0.2, 0) is 15.8 Å². The zero-order chi connectivity index (χ0) is 10.1. The van der Waals surface area contributed by atoms with E-state index in [0.717, 1.165) is 0 Å². The smallest absolute Gasteiger partial charge is 0.213 e. The van der Waals surface area contributed by atoms with Gasteiger partial charge in [-0.1, -0.05) is 15.9 Å². The first kappa shape index (κ1) is 10.5. The third-order valence-electron chi connectivity index (χ3n) is 1.40. The average molecular weight is 266 g/mol. The molecule has 6 heteroatoms. The molecule has 0 aliphatic heterocycles. The number of primary sulfonamides is 1. The van der Waals surface area contributed by atoms with Crippen LogP contribution in [-0.4, -0.2) is 13.5 Å². The summed E-state index contributed by atoms with van der Waals surface area (Å²) in [5, 5.41) is 14.1. The van der Waals surface area contributed by atoms with Crippen molar-refractivity contribution in [1.29, 1.82) is 0 Å². The van der Waals surface area contributed by atoms with Gasteiger partial charge in [0, 0.05) is 10.0 Å². The van der Waals surface area contributed by atoms with Crippen LogP contribution in [0.15, 0.2) is 22.7 Å². The van der Waals surface area contributed by atoms with Crippen molar-refractivity contribution >= 4 is 26.0 Å². The monoisotopic (exact) mass is 265 g/mol. The van der Waals surface area contributed by atoms with Gasteiger partial charge in [0.2, 0.25) is 10.0 Å². The van der Waals surface area contributed by atoms with E-state index in [9.17, 15) is 13.5 Å². The second-order valence-corrected chi connectivity index (χ2v) is 5.11. The highest BCUT2D eigenvalue weighted by molar-refractivity contribution is 9.10. The number of hydrogen-bond donors (Lipinski definition) is 2. The number of aromatic hydroxyl groups is 1. The minimum absolute atomic E-state index is 0.0720. The van der Waals surface area contributed by atoms with Crippen LogP contribution in [0.5, 0.6) is 5.75 Å². The van der Waals surface area contributed by atoms with E-state index in [1.165, 1.54) is 12.1 Å². The van der Waals surface area contributed by atoms with Crippen molar-refractivity contribution in [3.63, 3.8) is 0 Å². The van der Waals surface area contributed by atoms with Gasteiger partial charge in [-0.2, -0.15) is 0 Å². The van der Waals surface area contributed by atoms with E-state index in [1.807, 2.05) is 0 Å². The van der Waals surface area contributed by atoms with Gasteiger partial charge >= 0.3 is 0 Å². The van der Waals surface area contributed by atoms with Gasteiger partial charge in [0.15, 0.2) is 0 Å². The summed E-state index contributed by atoms with van der Waals surface area (Å²) in [4.78, 5) is 0. The van der Waals surface area contributed by atoms with Gasteiger partial charge in [-0.05, 0) is 18.2 Å². The second kappa shape index (κ2) is 3.65. The van der Waals surface area contributed by atoms with E-state index in [2.05, 4.69) is 15.9 Å². The molecule has 0 saturated carbocycles. The topological polar surface area (TPSA) is 80.4 Å². The lowest BCUT2D eigenvalue weighted by Gasteiger charge is -2.02. The van der Waals surface area contributed by atoms with E-state index in [0.29, 0.717) is 4.47 Å². The maximum atomic E-state index is 10.7. The molecule has 1 aromatic rings. The molecule has 0 heterocycles. The molecule has 0 aromatic heterocycles. The highest BCUT2D eigenvalue weighted by Crippen LogP contribution is 2.22.